The molecule has 2 aromatic rings. The minimum Gasteiger partial charge on any atom is -0.458 e. The molecule has 0 spiro atoms. The average Bonchev–Trinajstić information content (AvgIpc) is 2.79. The highest BCUT2D eigenvalue weighted by atomic mass is 79.9. The maximum absolute atomic E-state index is 5.53. The van der Waals surface area contributed by atoms with E-state index >= 15 is 0 Å². The van der Waals surface area contributed by atoms with Gasteiger partial charge in [-0.1, -0.05) is 0 Å². The van der Waals surface area contributed by atoms with Crippen LogP contribution in [0.5, 0.6) is 0 Å². The fraction of sp³-hybridized carbons (Fsp3) is 0.333. The highest BCUT2D eigenvalue weighted by Gasteiger charge is 2.14. The Morgan fingerprint density at radius 1 is 1.39 bits per heavy atom. The Balaban J connectivity index is 2.51. The molecule has 0 amide bonds. The second kappa shape index (κ2) is 5.49. The number of anilines is 1. The molecule has 2 heterocycles. The number of hydrogen-bond donors (Lipinski definition) is 1. The predicted octanol–water partition coefficient (Wildman–Crippen LogP) is 3.00. The second-order valence-electron chi connectivity index (χ2n) is 3.75. The van der Waals surface area contributed by atoms with Gasteiger partial charge in [-0.05, 0) is 35.0 Å². The van der Waals surface area contributed by atoms with Crippen molar-refractivity contribution in [3.8, 4) is 11.6 Å². The highest BCUT2D eigenvalue weighted by molar-refractivity contribution is 9.10. The molecular formula is C12H14BrN3O2. The Labute approximate surface area is 114 Å². The van der Waals surface area contributed by atoms with Gasteiger partial charge < -0.3 is 14.5 Å². The van der Waals surface area contributed by atoms with Crippen LogP contribution in [0.1, 0.15) is 11.5 Å². The van der Waals surface area contributed by atoms with Crippen LogP contribution in [0.4, 0.5) is 5.82 Å². The zero-order valence-corrected chi connectivity index (χ0v) is 12.0. The predicted molar refractivity (Wildman–Crippen MR) is 72.4 cm³/mol. The topological polar surface area (TPSA) is 60.2 Å². The molecule has 0 aliphatic rings. The number of nitrogens with zero attached hydrogens (tertiary/aromatic N) is 2. The molecule has 0 saturated carbocycles. The Morgan fingerprint density at radius 3 is 2.72 bits per heavy atom. The van der Waals surface area contributed by atoms with Gasteiger partial charge in [0, 0.05) is 14.2 Å². The summed E-state index contributed by atoms with van der Waals surface area (Å²) in [7, 11) is 3.44. The first-order valence-corrected chi connectivity index (χ1v) is 6.25. The van der Waals surface area contributed by atoms with Gasteiger partial charge in [0.25, 0.3) is 0 Å². The lowest BCUT2D eigenvalue weighted by Gasteiger charge is -2.09. The van der Waals surface area contributed by atoms with Gasteiger partial charge in [-0.15, -0.1) is 0 Å². The molecule has 0 unspecified atom stereocenters. The summed E-state index contributed by atoms with van der Waals surface area (Å²) in [6.07, 6.45) is 0. The SMILES string of the molecule is CNc1nc(-c2ccc(C)o2)nc(COC)c1Br. The lowest BCUT2D eigenvalue weighted by molar-refractivity contribution is 0.181. The van der Waals surface area contributed by atoms with Crippen molar-refractivity contribution in [2.75, 3.05) is 19.5 Å². The Bertz CT molecular complexity index is 554. The number of furan rings is 1. The lowest BCUT2D eigenvalue weighted by atomic mass is 10.3. The van der Waals surface area contributed by atoms with E-state index in [4.69, 9.17) is 9.15 Å². The monoisotopic (exact) mass is 311 g/mol. The number of rotatable bonds is 4. The number of ether oxygens (including phenoxy) is 1. The van der Waals surface area contributed by atoms with Crippen molar-refractivity contribution in [2.45, 2.75) is 13.5 Å². The van der Waals surface area contributed by atoms with Crippen LogP contribution in [-0.2, 0) is 11.3 Å². The van der Waals surface area contributed by atoms with Crippen LogP contribution < -0.4 is 5.32 Å². The maximum atomic E-state index is 5.53. The van der Waals surface area contributed by atoms with Crippen LogP contribution in [-0.4, -0.2) is 24.1 Å². The first-order chi connectivity index (χ1) is 8.65. The van der Waals surface area contributed by atoms with Crippen molar-refractivity contribution in [3.05, 3.63) is 28.1 Å². The van der Waals surface area contributed by atoms with Gasteiger partial charge in [-0.25, -0.2) is 9.97 Å². The van der Waals surface area contributed by atoms with E-state index in [9.17, 15) is 0 Å². The minimum atomic E-state index is 0.407. The lowest BCUT2D eigenvalue weighted by Crippen LogP contribution is -2.03. The van der Waals surface area contributed by atoms with Crippen molar-refractivity contribution in [1.29, 1.82) is 0 Å². The van der Waals surface area contributed by atoms with Crippen LogP contribution in [0.2, 0.25) is 0 Å². The molecule has 0 saturated heterocycles. The van der Waals surface area contributed by atoms with Crippen molar-refractivity contribution in [3.63, 3.8) is 0 Å². The summed E-state index contributed by atoms with van der Waals surface area (Å²) >= 11 is 3.46. The van der Waals surface area contributed by atoms with Crippen LogP contribution in [0.3, 0.4) is 0 Å². The quantitative estimate of drug-likeness (QED) is 0.940. The average molecular weight is 312 g/mol. The molecule has 0 aliphatic carbocycles. The van der Waals surface area contributed by atoms with E-state index in [1.165, 1.54) is 0 Å². The normalized spacial score (nSPS) is 10.7. The van der Waals surface area contributed by atoms with Gasteiger partial charge in [-0.2, -0.15) is 0 Å². The van der Waals surface area contributed by atoms with Crippen LogP contribution >= 0.6 is 15.9 Å². The molecular weight excluding hydrogens is 298 g/mol. The van der Waals surface area contributed by atoms with Gasteiger partial charge in [-0.3, -0.25) is 0 Å². The van der Waals surface area contributed by atoms with Gasteiger partial charge in [0.15, 0.2) is 11.6 Å². The van der Waals surface area contributed by atoms with E-state index in [0.717, 1.165) is 15.9 Å². The minimum absolute atomic E-state index is 0.407. The fourth-order valence-electron chi connectivity index (χ4n) is 1.56. The van der Waals surface area contributed by atoms with Gasteiger partial charge in [0.05, 0.1) is 16.8 Å². The number of hydrogen-bond acceptors (Lipinski definition) is 5. The molecule has 96 valence electrons. The van der Waals surface area contributed by atoms with Crippen LogP contribution in [0.25, 0.3) is 11.6 Å². The summed E-state index contributed by atoms with van der Waals surface area (Å²) in [5, 5.41) is 3.02. The number of methoxy groups -OCH3 is 1. The Morgan fingerprint density at radius 2 is 2.17 bits per heavy atom. The molecule has 6 heteroatoms. The maximum Gasteiger partial charge on any atom is 0.198 e. The van der Waals surface area contributed by atoms with Crippen molar-refractivity contribution < 1.29 is 9.15 Å². The van der Waals surface area contributed by atoms with Gasteiger partial charge in [0.1, 0.15) is 11.6 Å². The first kappa shape index (κ1) is 13.0. The van der Waals surface area contributed by atoms with E-state index in [2.05, 4.69) is 31.2 Å². The Kier molecular flexibility index (Phi) is 3.98. The molecule has 0 aromatic carbocycles. The van der Waals surface area contributed by atoms with Gasteiger partial charge in [0.2, 0.25) is 0 Å². The smallest absolute Gasteiger partial charge is 0.198 e. The van der Waals surface area contributed by atoms with Crippen molar-refractivity contribution in [1.82, 2.24) is 9.97 Å². The summed E-state index contributed by atoms with van der Waals surface area (Å²) < 4.78 is 11.5. The molecule has 0 bridgehead atoms. The molecule has 2 aromatic heterocycles. The van der Waals surface area contributed by atoms with E-state index in [1.807, 2.05) is 19.1 Å². The zero-order chi connectivity index (χ0) is 13.1. The number of nitrogens with one attached hydrogen (secondary N) is 1. The molecule has 0 atom stereocenters. The van der Waals surface area contributed by atoms with Gasteiger partial charge >= 0.3 is 0 Å². The third kappa shape index (κ3) is 2.54. The summed E-state index contributed by atoms with van der Waals surface area (Å²) in [4.78, 5) is 8.84. The summed E-state index contributed by atoms with van der Waals surface area (Å²) in [5.74, 6) is 2.73. The molecule has 0 fully saturated rings. The fourth-order valence-corrected chi connectivity index (χ4v) is 2.05. The molecule has 1 N–H and O–H groups in total. The second-order valence-corrected chi connectivity index (χ2v) is 4.54. The number of aromatic nitrogens is 2. The van der Waals surface area contributed by atoms with E-state index < -0.39 is 0 Å². The third-order valence-corrected chi connectivity index (χ3v) is 3.23. The first-order valence-electron chi connectivity index (χ1n) is 5.45. The molecule has 18 heavy (non-hydrogen) atoms. The molecule has 5 nitrogen and oxygen atoms in total. The zero-order valence-electron chi connectivity index (χ0n) is 10.5. The summed E-state index contributed by atoms with van der Waals surface area (Å²) in [6, 6.07) is 3.74. The number of aryl methyl sites for hydroxylation is 1. The standard InChI is InChI=1S/C12H14BrN3O2/c1-7-4-5-9(18-7)11-15-8(6-17-3)10(13)12(14-2)16-11/h4-5H,6H2,1-3H3,(H,14,15,16). The van der Waals surface area contributed by atoms with Crippen molar-refractivity contribution >= 4 is 21.7 Å². The Hall–Kier alpha value is -1.40. The largest absolute Gasteiger partial charge is 0.458 e. The van der Waals surface area contributed by atoms with E-state index in [1.54, 1.807) is 14.2 Å². The molecule has 0 radical (unpaired) electrons. The summed E-state index contributed by atoms with van der Waals surface area (Å²) in [6.45, 7) is 2.29. The van der Waals surface area contributed by atoms with E-state index in [0.29, 0.717) is 24.0 Å². The number of halogens is 1. The van der Waals surface area contributed by atoms with Crippen LogP contribution in [0.15, 0.2) is 21.0 Å². The molecule has 0 aliphatic heterocycles. The molecule has 2 rings (SSSR count). The third-order valence-electron chi connectivity index (χ3n) is 2.40. The highest BCUT2D eigenvalue weighted by Crippen LogP contribution is 2.28. The van der Waals surface area contributed by atoms with E-state index in [-0.39, 0.29) is 0 Å². The summed E-state index contributed by atoms with van der Waals surface area (Å²) in [5.41, 5.74) is 0.779. The van der Waals surface area contributed by atoms with Crippen molar-refractivity contribution in [2.24, 2.45) is 0 Å². The van der Waals surface area contributed by atoms with Crippen LogP contribution in [0, 0.1) is 6.92 Å².